The number of pyridine rings is 1. The minimum atomic E-state index is -0.336. The summed E-state index contributed by atoms with van der Waals surface area (Å²) in [6.07, 6.45) is 10.3. The summed E-state index contributed by atoms with van der Waals surface area (Å²) in [6.45, 7) is 1.78. The predicted molar refractivity (Wildman–Crippen MR) is 83.1 cm³/mol. The van der Waals surface area contributed by atoms with Gasteiger partial charge in [-0.3, -0.25) is 14.6 Å². The quantitative estimate of drug-likeness (QED) is 0.846. The van der Waals surface area contributed by atoms with Crippen molar-refractivity contribution in [1.82, 2.24) is 10.3 Å². The van der Waals surface area contributed by atoms with Crippen LogP contribution in [0, 0.1) is 0 Å². The lowest BCUT2D eigenvalue weighted by atomic mass is 9.91. The molecule has 2 atom stereocenters. The third-order valence-corrected chi connectivity index (χ3v) is 3.55. The lowest BCUT2D eigenvalue weighted by Crippen LogP contribution is -2.35. The molecular weight excluding hydrogens is 280 g/mol. The molecule has 5 heteroatoms. The Morgan fingerprint density at radius 3 is 2.91 bits per heavy atom. The number of nitrogens with one attached hydrogen (secondary N) is 1. The number of esters is 1. The van der Waals surface area contributed by atoms with Crippen LogP contribution in [-0.4, -0.2) is 30.0 Å². The largest absolute Gasteiger partial charge is 0.469 e. The van der Waals surface area contributed by atoms with Crippen LogP contribution in [0.3, 0.4) is 0 Å². The summed E-state index contributed by atoms with van der Waals surface area (Å²) in [7, 11) is 1.34. The predicted octanol–water partition coefficient (Wildman–Crippen LogP) is 2.12. The number of hydrogen-bond donors (Lipinski definition) is 1. The number of rotatable bonds is 5. The van der Waals surface area contributed by atoms with Crippen molar-refractivity contribution < 1.29 is 14.3 Å². The fourth-order valence-corrected chi connectivity index (χ4v) is 2.32. The Morgan fingerprint density at radius 1 is 1.50 bits per heavy atom. The van der Waals surface area contributed by atoms with Gasteiger partial charge in [0.25, 0.3) is 5.91 Å². The smallest absolute Gasteiger partial charge is 0.307 e. The van der Waals surface area contributed by atoms with Crippen molar-refractivity contribution in [1.29, 1.82) is 0 Å². The Labute approximate surface area is 130 Å². The molecule has 0 bridgehead atoms. The molecule has 1 aliphatic rings. The number of carbonyl (C=O) groups excluding carboxylic acids is 2. The molecule has 0 saturated heterocycles. The zero-order chi connectivity index (χ0) is 15.9. The maximum atomic E-state index is 12.1. The summed E-state index contributed by atoms with van der Waals surface area (Å²) < 4.78 is 4.59. The highest BCUT2D eigenvalue weighted by Crippen LogP contribution is 2.26. The van der Waals surface area contributed by atoms with E-state index in [0.717, 1.165) is 12.0 Å². The van der Waals surface area contributed by atoms with Crippen LogP contribution < -0.4 is 5.32 Å². The van der Waals surface area contributed by atoms with Crippen LogP contribution in [-0.2, 0) is 14.3 Å². The van der Waals surface area contributed by atoms with E-state index in [2.05, 4.69) is 15.0 Å². The highest BCUT2D eigenvalue weighted by molar-refractivity contribution is 5.96. The summed E-state index contributed by atoms with van der Waals surface area (Å²) >= 11 is 0. The molecule has 1 unspecified atom stereocenters. The fourth-order valence-electron chi connectivity index (χ4n) is 2.32. The number of amides is 1. The van der Waals surface area contributed by atoms with E-state index in [1.165, 1.54) is 7.11 Å². The van der Waals surface area contributed by atoms with Crippen molar-refractivity contribution in [2.24, 2.45) is 0 Å². The standard InChI is InChI=1S/C17H20N2O3/c1-12(10-16(20)22-2)19-17(21)14-7-5-13(6-8-14)15-4-3-9-18-11-15/h3-5,7-9,11-13H,6,10H2,1-2H3,(H,19,21)/t12-,13?/m1/s1. The zero-order valence-corrected chi connectivity index (χ0v) is 12.8. The lowest BCUT2D eigenvalue weighted by molar-refractivity contribution is -0.141. The van der Waals surface area contributed by atoms with Crippen molar-refractivity contribution in [2.45, 2.75) is 31.7 Å². The van der Waals surface area contributed by atoms with Crippen LogP contribution in [0.5, 0.6) is 0 Å². The van der Waals surface area contributed by atoms with Crippen LogP contribution in [0.15, 0.2) is 48.3 Å². The molecule has 1 aliphatic carbocycles. The van der Waals surface area contributed by atoms with E-state index in [1.54, 1.807) is 13.1 Å². The van der Waals surface area contributed by atoms with E-state index in [1.807, 2.05) is 36.6 Å². The van der Waals surface area contributed by atoms with Gasteiger partial charge in [0.15, 0.2) is 0 Å². The number of nitrogens with zero attached hydrogens (tertiary/aromatic N) is 1. The Balaban J connectivity index is 1.90. The molecule has 0 spiro atoms. The molecule has 1 aromatic rings. The first kappa shape index (κ1) is 15.9. The Hall–Kier alpha value is -2.43. The van der Waals surface area contributed by atoms with Gasteiger partial charge < -0.3 is 10.1 Å². The van der Waals surface area contributed by atoms with E-state index in [-0.39, 0.29) is 30.3 Å². The summed E-state index contributed by atoms with van der Waals surface area (Å²) in [5.41, 5.74) is 1.75. The first-order chi connectivity index (χ1) is 10.6. The van der Waals surface area contributed by atoms with Crippen molar-refractivity contribution in [3.63, 3.8) is 0 Å². The number of ether oxygens (including phenoxy) is 1. The van der Waals surface area contributed by atoms with Crippen molar-refractivity contribution in [3.8, 4) is 0 Å². The highest BCUT2D eigenvalue weighted by atomic mass is 16.5. The van der Waals surface area contributed by atoms with Gasteiger partial charge in [0.1, 0.15) is 0 Å². The van der Waals surface area contributed by atoms with Crippen LogP contribution >= 0.6 is 0 Å². The summed E-state index contributed by atoms with van der Waals surface area (Å²) in [4.78, 5) is 27.4. The average Bonchev–Trinajstić information content (AvgIpc) is 2.55. The van der Waals surface area contributed by atoms with E-state index in [0.29, 0.717) is 5.57 Å². The number of allylic oxidation sites excluding steroid dienone is 2. The van der Waals surface area contributed by atoms with Crippen molar-refractivity contribution in [3.05, 3.63) is 53.9 Å². The van der Waals surface area contributed by atoms with Gasteiger partial charge in [-0.1, -0.05) is 24.3 Å². The van der Waals surface area contributed by atoms with Crippen LogP contribution in [0.2, 0.25) is 0 Å². The van der Waals surface area contributed by atoms with Crippen molar-refractivity contribution in [2.75, 3.05) is 7.11 Å². The maximum Gasteiger partial charge on any atom is 0.307 e. The van der Waals surface area contributed by atoms with E-state index in [9.17, 15) is 9.59 Å². The molecule has 0 fully saturated rings. The van der Waals surface area contributed by atoms with Gasteiger partial charge in [-0.15, -0.1) is 0 Å². The number of hydrogen-bond acceptors (Lipinski definition) is 4. The van der Waals surface area contributed by atoms with Gasteiger partial charge in [-0.05, 0) is 25.0 Å². The molecule has 0 aromatic carbocycles. The fraction of sp³-hybridized carbons (Fsp3) is 0.353. The van der Waals surface area contributed by atoms with Gasteiger partial charge in [-0.25, -0.2) is 0 Å². The maximum absolute atomic E-state index is 12.1. The summed E-state index contributed by atoms with van der Waals surface area (Å²) in [6, 6.07) is 3.67. The minimum Gasteiger partial charge on any atom is -0.469 e. The third-order valence-electron chi connectivity index (χ3n) is 3.55. The van der Waals surface area contributed by atoms with E-state index < -0.39 is 0 Å². The molecule has 2 rings (SSSR count). The molecule has 0 saturated carbocycles. The van der Waals surface area contributed by atoms with Gasteiger partial charge in [-0.2, -0.15) is 0 Å². The Morgan fingerprint density at radius 2 is 2.32 bits per heavy atom. The second-order valence-electron chi connectivity index (χ2n) is 5.30. The van der Waals surface area contributed by atoms with Crippen LogP contribution in [0.1, 0.15) is 31.2 Å². The van der Waals surface area contributed by atoms with Gasteiger partial charge in [0.05, 0.1) is 13.5 Å². The van der Waals surface area contributed by atoms with E-state index in [4.69, 9.17) is 0 Å². The minimum absolute atomic E-state index is 0.164. The molecule has 1 N–H and O–H groups in total. The first-order valence-corrected chi connectivity index (χ1v) is 7.26. The van der Waals surface area contributed by atoms with Crippen molar-refractivity contribution >= 4 is 11.9 Å². The van der Waals surface area contributed by atoms with Crippen LogP contribution in [0.25, 0.3) is 0 Å². The monoisotopic (exact) mass is 300 g/mol. The van der Waals surface area contributed by atoms with Crippen LogP contribution in [0.4, 0.5) is 0 Å². The molecule has 116 valence electrons. The molecule has 0 aliphatic heterocycles. The van der Waals surface area contributed by atoms with E-state index >= 15 is 0 Å². The molecule has 1 heterocycles. The Kier molecular flexibility index (Phi) is 5.47. The van der Waals surface area contributed by atoms with Gasteiger partial charge in [0.2, 0.25) is 0 Å². The zero-order valence-electron chi connectivity index (χ0n) is 12.8. The molecule has 1 amide bonds. The first-order valence-electron chi connectivity index (χ1n) is 7.26. The summed E-state index contributed by atoms with van der Waals surface area (Å²) in [5.74, 6) is -0.257. The summed E-state index contributed by atoms with van der Waals surface area (Å²) in [5, 5.41) is 2.80. The topological polar surface area (TPSA) is 68.3 Å². The third kappa shape index (κ3) is 4.28. The van der Waals surface area contributed by atoms with Gasteiger partial charge >= 0.3 is 5.97 Å². The molecule has 1 aromatic heterocycles. The SMILES string of the molecule is COC(=O)C[C@@H](C)NC(=O)C1=CCC(c2cccnc2)C=C1. The van der Waals surface area contributed by atoms with Gasteiger partial charge in [0, 0.05) is 29.9 Å². The number of methoxy groups -OCH3 is 1. The average molecular weight is 300 g/mol. The molecular formula is C17H20N2O3. The number of carbonyl (C=O) groups is 2. The number of aromatic nitrogens is 1. The normalized spacial score (nSPS) is 18.3. The Bertz CT molecular complexity index is 593. The molecule has 0 radical (unpaired) electrons. The highest BCUT2D eigenvalue weighted by Gasteiger charge is 2.17. The molecule has 22 heavy (non-hydrogen) atoms. The second kappa shape index (κ2) is 7.54. The molecule has 5 nitrogen and oxygen atoms in total. The lowest BCUT2D eigenvalue weighted by Gasteiger charge is -2.18. The second-order valence-corrected chi connectivity index (χ2v) is 5.30.